The van der Waals surface area contributed by atoms with E-state index in [1.54, 1.807) is 12.4 Å². The van der Waals surface area contributed by atoms with Crippen molar-refractivity contribution in [3.05, 3.63) is 30.1 Å². The number of hydrogen-bond donors (Lipinski definition) is 2. The van der Waals surface area contributed by atoms with E-state index in [0.717, 1.165) is 25.1 Å². The van der Waals surface area contributed by atoms with Gasteiger partial charge in [-0.15, -0.1) is 0 Å². The van der Waals surface area contributed by atoms with Crippen LogP contribution in [0.1, 0.15) is 12.0 Å². The summed E-state index contributed by atoms with van der Waals surface area (Å²) < 4.78 is 26.3. The number of hydrogen-bond acceptors (Lipinski definition) is 4. The first kappa shape index (κ1) is 13.5. The fraction of sp³-hybridized carbons (Fsp3) is 0.583. The molecule has 100 valence electrons. The van der Waals surface area contributed by atoms with Crippen molar-refractivity contribution in [2.24, 2.45) is 5.92 Å². The predicted molar refractivity (Wildman–Crippen MR) is 70.7 cm³/mol. The van der Waals surface area contributed by atoms with Gasteiger partial charge < -0.3 is 5.32 Å². The Morgan fingerprint density at radius 3 is 2.83 bits per heavy atom. The Morgan fingerprint density at radius 2 is 2.17 bits per heavy atom. The zero-order valence-corrected chi connectivity index (χ0v) is 11.1. The maximum Gasteiger partial charge on any atom is 0.211 e. The minimum absolute atomic E-state index is 0.136. The average molecular weight is 269 g/mol. The second-order valence-electron chi connectivity index (χ2n) is 4.63. The van der Waals surface area contributed by atoms with Crippen molar-refractivity contribution in [2.45, 2.75) is 12.8 Å². The third kappa shape index (κ3) is 4.36. The van der Waals surface area contributed by atoms with Crippen molar-refractivity contribution < 1.29 is 8.42 Å². The predicted octanol–water partition coefficient (Wildman–Crippen LogP) is 0.153. The number of nitrogens with one attached hydrogen (secondary N) is 2. The van der Waals surface area contributed by atoms with Gasteiger partial charge in [-0.3, -0.25) is 4.98 Å². The van der Waals surface area contributed by atoms with Crippen molar-refractivity contribution in [1.29, 1.82) is 0 Å². The lowest BCUT2D eigenvalue weighted by molar-refractivity contribution is 0.538. The molecule has 2 N–H and O–H groups in total. The Hall–Kier alpha value is -0.980. The first-order valence-corrected chi connectivity index (χ1v) is 7.88. The van der Waals surface area contributed by atoms with Gasteiger partial charge >= 0.3 is 0 Å². The summed E-state index contributed by atoms with van der Waals surface area (Å²) >= 11 is 0. The second-order valence-corrected chi connectivity index (χ2v) is 6.56. The van der Waals surface area contributed by atoms with Crippen LogP contribution in [-0.2, 0) is 16.4 Å². The third-order valence-corrected chi connectivity index (χ3v) is 4.51. The van der Waals surface area contributed by atoms with Crippen molar-refractivity contribution in [3.63, 3.8) is 0 Å². The molecule has 6 heteroatoms. The van der Waals surface area contributed by atoms with Crippen LogP contribution in [0.25, 0.3) is 0 Å². The van der Waals surface area contributed by atoms with Crippen LogP contribution in [0.3, 0.4) is 0 Å². The molecular formula is C12H19N3O2S. The summed E-state index contributed by atoms with van der Waals surface area (Å²) in [6.45, 7) is 2.45. The summed E-state index contributed by atoms with van der Waals surface area (Å²) in [6.07, 6.45) is 4.94. The molecule has 1 unspecified atom stereocenters. The van der Waals surface area contributed by atoms with E-state index in [-0.39, 0.29) is 5.75 Å². The molecule has 1 atom stereocenters. The lowest BCUT2D eigenvalue weighted by Crippen LogP contribution is -2.32. The molecule has 1 fully saturated rings. The Bertz CT molecular complexity index is 455. The molecule has 2 heterocycles. The van der Waals surface area contributed by atoms with Crippen molar-refractivity contribution >= 4 is 10.0 Å². The van der Waals surface area contributed by atoms with Crippen LogP contribution in [0.2, 0.25) is 0 Å². The van der Waals surface area contributed by atoms with Gasteiger partial charge in [0.2, 0.25) is 10.0 Å². The minimum Gasteiger partial charge on any atom is -0.316 e. The number of nitrogens with zero attached hydrogens (tertiary/aromatic N) is 1. The van der Waals surface area contributed by atoms with Crippen LogP contribution in [-0.4, -0.2) is 38.8 Å². The molecule has 1 aromatic rings. The van der Waals surface area contributed by atoms with E-state index < -0.39 is 10.0 Å². The van der Waals surface area contributed by atoms with Crippen LogP contribution in [0.15, 0.2) is 24.5 Å². The van der Waals surface area contributed by atoms with E-state index in [1.165, 1.54) is 0 Å². The van der Waals surface area contributed by atoms with Crippen LogP contribution >= 0.6 is 0 Å². The molecule has 0 saturated carbocycles. The van der Waals surface area contributed by atoms with Gasteiger partial charge in [-0.2, -0.15) is 0 Å². The van der Waals surface area contributed by atoms with Gasteiger partial charge in [-0.05, 0) is 49.5 Å². The molecule has 1 aromatic heterocycles. The quantitative estimate of drug-likeness (QED) is 0.771. The molecule has 0 aromatic carbocycles. The molecule has 0 bridgehead atoms. The molecule has 0 spiro atoms. The molecular weight excluding hydrogens is 250 g/mol. The highest BCUT2D eigenvalue weighted by Gasteiger charge is 2.17. The Kier molecular flexibility index (Phi) is 4.68. The summed E-state index contributed by atoms with van der Waals surface area (Å²) in [4.78, 5) is 3.91. The lowest BCUT2D eigenvalue weighted by atomic mass is 10.1. The molecule has 5 nitrogen and oxygen atoms in total. The molecule has 1 saturated heterocycles. The Balaban J connectivity index is 1.76. The molecule has 1 aliphatic rings. The van der Waals surface area contributed by atoms with Crippen molar-refractivity contribution in [1.82, 2.24) is 15.0 Å². The molecule has 0 aliphatic carbocycles. The smallest absolute Gasteiger partial charge is 0.211 e. The van der Waals surface area contributed by atoms with E-state index in [1.807, 2.05) is 12.1 Å². The highest BCUT2D eigenvalue weighted by Crippen LogP contribution is 2.06. The monoisotopic (exact) mass is 269 g/mol. The van der Waals surface area contributed by atoms with Gasteiger partial charge in [0.15, 0.2) is 0 Å². The molecule has 18 heavy (non-hydrogen) atoms. The zero-order chi connectivity index (χ0) is 12.8. The van der Waals surface area contributed by atoms with E-state index in [9.17, 15) is 8.42 Å². The maximum absolute atomic E-state index is 11.8. The summed E-state index contributed by atoms with van der Waals surface area (Å²) in [5, 5.41) is 3.22. The fourth-order valence-electron chi connectivity index (χ4n) is 2.01. The van der Waals surface area contributed by atoms with E-state index in [0.29, 0.717) is 18.9 Å². The normalized spacial score (nSPS) is 20.1. The first-order chi connectivity index (χ1) is 8.66. The van der Waals surface area contributed by atoms with Crippen LogP contribution < -0.4 is 10.0 Å². The van der Waals surface area contributed by atoms with Gasteiger partial charge in [0.05, 0.1) is 5.75 Å². The Labute approximate surface area is 108 Å². The summed E-state index contributed by atoms with van der Waals surface area (Å²) in [7, 11) is -3.17. The van der Waals surface area contributed by atoms with Gasteiger partial charge in [0.1, 0.15) is 0 Å². The van der Waals surface area contributed by atoms with Crippen molar-refractivity contribution in [3.8, 4) is 0 Å². The molecule has 0 radical (unpaired) electrons. The number of pyridine rings is 1. The largest absolute Gasteiger partial charge is 0.316 e. The van der Waals surface area contributed by atoms with Gasteiger partial charge in [0.25, 0.3) is 0 Å². The lowest BCUT2D eigenvalue weighted by Gasteiger charge is -2.10. The minimum atomic E-state index is -3.17. The summed E-state index contributed by atoms with van der Waals surface area (Å²) in [5.41, 5.74) is 0.998. The summed E-state index contributed by atoms with van der Waals surface area (Å²) in [5.74, 6) is 0.567. The van der Waals surface area contributed by atoms with Crippen LogP contribution in [0, 0.1) is 5.92 Å². The zero-order valence-electron chi connectivity index (χ0n) is 10.3. The number of sulfonamides is 1. The topological polar surface area (TPSA) is 71.1 Å². The fourth-order valence-corrected chi connectivity index (χ4v) is 3.15. The van der Waals surface area contributed by atoms with Gasteiger partial charge in [-0.25, -0.2) is 13.1 Å². The van der Waals surface area contributed by atoms with E-state index in [2.05, 4.69) is 15.0 Å². The molecule has 1 aliphatic heterocycles. The summed E-state index contributed by atoms with van der Waals surface area (Å²) in [6, 6.07) is 3.69. The SMILES string of the molecule is O=S(=O)(CCc1ccncc1)NCC1CCNC1. The molecule has 2 rings (SSSR count). The van der Waals surface area contributed by atoms with Gasteiger partial charge in [-0.1, -0.05) is 0 Å². The first-order valence-electron chi connectivity index (χ1n) is 6.23. The second kappa shape index (κ2) is 6.26. The van der Waals surface area contributed by atoms with E-state index in [4.69, 9.17) is 0 Å². The number of aryl methyl sites for hydroxylation is 1. The Morgan fingerprint density at radius 1 is 1.39 bits per heavy atom. The molecule has 0 amide bonds. The number of rotatable bonds is 6. The van der Waals surface area contributed by atoms with E-state index >= 15 is 0 Å². The van der Waals surface area contributed by atoms with Crippen LogP contribution in [0.5, 0.6) is 0 Å². The van der Waals surface area contributed by atoms with Crippen molar-refractivity contribution in [2.75, 3.05) is 25.4 Å². The van der Waals surface area contributed by atoms with Gasteiger partial charge in [0, 0.05) is 18.9 Å². The average Bonchev–Trinajstić information content (AvgIpc) is 2.89. The third-order valence-electron chi connectivity index (χ3n) is 3.16. The van der Waals surface area contributed by atoms with Crippen LogP contribution in [0.4, 0.5) is 0 Å². The maximum atomic E-state index is 11.8. The highest BCUT2D eigenvalue weighted by atomic mass is 32.2. The highest BCUT2D eigenvalue weighted by molar-refractivity contribution is 7.89. The standard InChI is InChI=1S/C12H19N3O2S/c16-18(17,15-10-12-3-7-14-9-12)8-4-11-1-5-13-6-2-11/h1-2,5-6,12,14-15H,3-4,7-10H2. The number of aromatic nitrogens is 1.